The molecule has 1 aliphatic heterocycles. The predicted molar refractivity (Wildman–Crippen MR) is 160 cm³/mol. The lowest BCUT2D eigenvalue weighted by Gasteiger charge is -2.23. The molecular formula is C31H25F2N3O5S2. The van der Waals surface area contributed by atoms with Crippen LogP contribution in [0.15, 0.2) is 89.3 Å². The van der Waals surface area contributed by atoms with Crippen LogP contribution in [-0.4, -0.2) is 40.2 Å². The van der Waals surface area contributed by atoms with E-state index in [1.807, 2.05) is 0 Å². The molecule has 12 heteroatoms. The van der Waals surface area contributed by atoms with Gasteiger partial charge < -0.3 is 14.6 Å². The van der Waals surface area contributed by atoms with Crippen LogP contribution in [0.25, 0.3) is 5.76 Å². The number of benzene rings is 3. The molecule has 1 aliphatic rings. The molecule has 0 saturated carbocycles. The first-order valence-corrected chi connectivity index (χ1v) is 14.9. The number of aliphatic hydroxyl groups is 1. The lowest BCUT2D eigenvalue weighted by atomic mass is 9.95. The summed E-state index contributed by atoms with van der Waals surface area (Å²) in [7, 11) is 0. The molecule has 0 aliphatic carbocycles. The Morgan fingerprint density at radius 3 is 2.40 bits per heavy atom. The van der Waals surface area contributed by atoms with Gasteiger partial charge in [-0.05, 0) is 66.6 Å². The summed E-state index contributed by atoms with van der Waals surface area (Å²) in [5, 5.41) is 19.8. The van der Waals surface area contributed by atoms with E-state index in [1.54, 1.807) is 43.3 Å². The number of ketones is 1. The summed E-state index contributed by atoms with van der Waals surface area (Å²) in [6.45, 7) is 6.00. The third-order valence-electron chi connectivity index (χ3n) is 6.38. The molecule has 0 spiro atoms. The Bertz CT molecular complexity index is 1690. The van der Waals surface area contributed by atoms with Crippen molar-refractivity contribution in [3.8, 4) is 11.5 Å². The van der Waals surface area contributed by atoms with E-state index in [0.717, 1.165) is 29.0 Å². The number of halogens is 2. The Morgan fingerprint density at radius 1 is 1.02 bits per heavy atom. The van der Waals surface area contributed by atoms with Crippen LogP contribution in [0.1, 0.15) is 29.7 Å². The minimum absolute atomic E-state index is 0.136. The lowest BCUT2D eigenvalue weighted by molar-refractivity contribution is -0.132. The third-order valence-corrected chi connectivity index (χ3v) is 8.51. The average molecular weight is 622 g/mol. The Hall–Kier alpha value is -4.55. The van der Waals surface area contributed by atoms with Crippen molar-refractivity contribution in [3.05, 3.63) is 113 Å². The topological polar surface area (TPSA) is 102 Å². The van der Waals surface area contributed by atoms with Crippen molar-refractivity contribution in [3.63, 3.8) is 0 Å². The van der Waals surface area contributed by atoms with Gasteiger partial charge in [0.2, 0.25) is 5.13 Å². The molecule has 1 N–H and O–H groups in total. The van der Waals surface area contributed by atoms with E-state index in [1.165, 1.54) is 40.9 Å². The summed E-state index contributed by atoms with van der Waals surface area (Å²) >= 11 is 2.44. The molecule has 4 aromatic rings. The predicted octanol–water partition coefficient (Wildman–Crippen LogP) is 6.70. The second-order valence-corrected chi connectivity index (χ2v) is 11.4. The van der Waals surface area contributed by atoms with Crippen molar-refractivity contribution in [1.29, 1.82) is 0 Å². The third kappa shape index (κ3) is 6.45. The fourth-order valence-electron chi connectivity index (χ4n) is 4.42. The molecule has 0 radical (unpaired) electrons. The number of amides is 1. The highest BCUT2D eigenvalue weighted by molar-refractivity contribution is 8.00. The summed E-state index contributed by atoms with van der Waals surface area (Å²) < 4.78 is 38.9. The zero-order valence-corrected chi connectivity index (χ0v) is 24.5. The first-order chi connectivity index (χ1) is 20.8. The second-order valence-electron chi connectivity index (χ2n) is 9.18. The highest BCUT2D eigenvalue weighted by atomic mass is 32.2. The van der Waals surface area contributed by atoms with Crippen molar-refractivity contribution in [2.45, 2.75) is 23.1 Å². The summed E-state index contributed by atoms with van der Waals surface area (Å²) in [6, 6.07) is 14.8. The molecule has 0 bridgehead atoms. The van der Waals surface area contributed by atoms with E-state index in [9.17, 15) is 23.5 Å². The maximum atomic E-state index is 13.6. The number of aromatic nitrogens is 2. The maximum absolute atomic E-state index is 13.6. The van der Waals surface area contributed by atoms with E-state index < -0.39 is 29.3 Å². The molecule has 1 amide bonds. The molecule has 43 heavy (non-hydrogen) atoms. The minimum Gasteiger partial charge on any atom is -0.507 e. The number of aliphatic hydroxyl groups excluding tert-OH is 1. The van der Waals surface area contributed by atoms with Gasteiger partial charge in [0, 0.05) is 11.3 Å². The largest absolute Gasteiger partial charge is 0.507 e. The Kier molecular flexibility index (Phi) is 9.17. The van der Waals surface area contributed by atoms with Crippen LogP contribution in [-0.2, 0) is 15.3 Å². The molecule has 1 saturated heterocycles. The molecule has 1 aromatic heterocycles. The number of rotatable bonds is 11. The Labute approximate surface area is 254 Å². The second kappa shape index (κ2) is 13.2. The normalized spacial score (nSPS) is 16.0. The smallest absolute Gasteiger partial charge is 0.301 e. The van der Waals surface area contributed by atoms with Crippen LogP contribution in [0.2, 0.25) is 0 Å². The van der Waals surface area contributed by atoms with Gasteiger partial charge in [-0.25, -0.2) is 8.78 Å². The fraction of sp³-hybridized carbons (Fsp3) is 0.161. The monoisotopic (exact) mass is 621 g/mol. The van der Waals surface area contributed by atoms with Gasteiger partial charge >= 0.3 is 5.91 Å². The summed E-state index contributed by atoms with van der Waals surface area (Å²) in [4.78, 5) is 28.2. The number of anilines is 1. The maximum Gasteiger partial charge on any atom is 0.301 e. The number of hydrogen-bond acceptors (Lipinski definition) is 9. The van der Waals surface area contributed by atoms with Gasteiger partial charge in [0.25, 0.3) is 5.78 Å². The quantitative estimate of drug-likeness (QED) is 0.0493. The lowest BCUT2D eigenvalue weighted by Crippen LogP contribution is -2.29. The molecule has 1 atom stereocenters. The number of thioether (sulfide) groups is 1. The van der Waals surface area contributed by atoms with Gasteiger partial charge in [-0.15, -0.1) is 10.2 Å². The molecular weight excluding hydrogens is 596 g/mol. The van der Waals surface area contributed by atoms with Gasteiger partial charge in [0.05, 0.1) is 18.2 Å². The van der Waals surface area contributed by atoms with Gasteiger partial charge in [-0.1, -0.05) is 54.0 Å². The van der Waals surface area contributed by atoms with E-state index in [4.69, 9.17) is 9.47 Å². The SMILES string of the molecule is C=CCOc1ccc(C2/C(=C(\O)c3ccc(F)cc3)C(=O)C(=O)N2c2nnc(SCc3ccc(F)cc3)s2)cc1OCC. The number of hydrogen-bond donors (Lipinski definition) is 1. The first-order valence-electron chi connectivity index (χ1n) is 13.1. The summed E-state index contributed by atoms with van der Waals surface area (Å²) in [5.41, 5.74) is 1.26. The molecule has 1 unspecified atom stereocenters. The van der Waals surface area contributed by atoms with Crippen molar-refractivity contribution in [1.82, 2.24) is 10.2 Å². The molecule has 220 valence electrons. The number of nitrogens with zero attached hydrogens (tertiary/aromatic N) is 3. The molecule has 8 nitrogen and oxygen atoms in total. The minimum atomic E-state index is -1.11. The van der Waals surface area contributed by atoms with Gasteiger partial charge in [-0.3, -0.25) is 14.5 Å². The highest BCUT2D eigenvalue weighted by Gasteiger charge is 2.48. The number of carbonyl (C=O) groups excluding carboxylic acids is 2. The van der Waals surface area contributed by atoms with Crippen LogP contribution in [0.3, 0.4) is 0 Å². The zero-order chi connectivity index (χ0) is 30.5. The van der Waals surface area contributed by atoms with Gasteiger partial charge in [0.1, 0.15) is 24.0 Å². The highest BCUT2D eigenvalue weighted by Crippen LogP contribution is 2.45. The van der Waals surface area contributed by atoms with Crippen LogP contribution in [0.4, 0.5) is 13.9 Å². The van der Waals surface area contributed by atoms with Crippen molar-refractivity contribution in [2.24, 2.45) is 0 Å². The fourth-order valence-corrected chi connectivity index (χ4v) is 6.25. The molecule has 1 fully saturated rings. The summed E-state index contributed by atoms with van der Waals surface area (Å²) in [5.74, 6) is -1.91. The Morgan fingerprint density at radius 2 is 1.72 bits per heavy atom. The van der Waals surface area contributed by atoms with Crippen LogP contribution >= 0.6 is 23.1 Å². The molecule has 3 aromatic carbocycles. The standard InChI is InChI=1S/C31H25F2N3O5S2/c1-3-15-41-23-14-9-20(16-24(23)40-4-2)26-25(27(37)19-7-12-22(33)13-8-19)28(38)29(39)36(26)30-34-35-31(43-30)42-17-18-5-10-21(32)11-6-18/h3,5-14,16,26,37H,1,4,15,17H2,2H3/b27-25+. The van der Waals surface area contributed by atoms with Crippen LogP contribution < -0.4 is 14.4 Å². The number of carbonyl (C=O) groups is 2. The number of ether oxygens (including phenoxy) is 2. The van der Waals surface area contributed by atoms with Crippen LogP contribution in [0.5, 0.6) is 11.5 Å². The average Bonchev–Trinajstić information content (AvgIpc) is 3.58. The van der Waals surface area contributed by atoms with E-state index in [-0.39, 0.29) is 28.7 Å². The van der Waals surface area contributed by atoms with E-state index in [0.29, 0.717) is 33.8 Å². The first kappa shape index (κ1) is 29.9. The summed E-state index contributed by atoms with van der Waals surface area (Å²) in [6.07, 6.45) is 1.59. The molecule has 2 heterocycles. The van der Waals surface area contributed by atoms with Crippen molar-refractivity contribution >= 4 is 45.7 Å². The number of Topliss-reactive ketones (excluding diaryl/α,β-unsaturated/α-hetero) is 1. The van der Waals surface area contributed by atoms with E-state index >= 15 is 0 Å². The van der Waals surface area contributed by atoms with E-state index in [2.05, 4.69) is 16.8 Å². The van der Waals surface area contributed by atoms with Crippen molar-refractivity contribution in [2.75, 3.05) is 18.1 Å². The van der Waals surface area contributed by atoms with Gasteiger partial charge in [-0.2, -0.15) is 0 Å². The zero-order valence-electron chi connectivity index (χ0n) is 22.8. The van der Waals surface area contributed by atoms with Crippen molar-refractivity contribution < 1.29 is 33.0 Å². The molecule has 5 rings (SSSR count). The Balaban J connectivity index is 1.57. The van der Waals surface area contributed by atoms with Crippen LogP contribution in [0, 0.1) is 11.6 Å². The van der Waals surface area contributed by atoms with Gasteiger partial charge in [0.15, 0.2) is 15.8 Å².